The van der Waals surface area contributed by atoms with Gasteiger partial charge in [-0.1, -0.05) is 13.8 Å². The summed E-state index contributed by atoms with van der Waals surface area (Å²) in [6.45, 7) is 6.63. The van der Waals surface area contributed by atoms with E-state index < -0.39 is 0 Å². The zero-order valence-corrected chi connectivity index (χ0v) is 8.90. The normalized spacial score (nSPS) is 12.9. The van der Waals surface area contributed by atoms with Gasteiger partial charge in [-0.25, -0.2) is 4.98 Å². The summed E-state index contributed by atoms with van der Waals surface area (Å²) in [7, 11) is 0. The summed E-state index contributed by atoms with van der Waals surface area (Å²) in [4.78, 5) is 8.20. The van der Waals surface area contributed by atoms with Crippen LogP contribution >= 0.6 is 0 Å². The van der Waals surface area contributed by atoms with Crippen molar-refractivity contribution in [3.05, 3.63) is 18.1 Å². The largest absolute Gasteiger partial charge is 0.473 e. The molecule has 0 saturated heterocycles. The van der Waals surface area contributed by atoms with Crippen molar-refractivity contribution in [3.63, 3.8) is 0 Å². The molecule has 0 spiro atoms. The Morgan fingerprint density at radius 1 is 1.29 bits per heavy atom. The predicted molar refractivity (Wildman–Crippen MR) is 54.9 cm³/mol. The van der Waals surface area contributed by atoms with E-state index in [1.807, 2.05) is 6.92 Å². The molecule has 1 aromatic rings. The number of aromatic nitrogens is 2. The van der Waals surface area contributed by atoms with Crippen molar-refractivity contribution in [2.45, 2.75) is 33.4 Å². The zero-order chi connectivity index (χ0) is 10.6. The fourth-order valence-corrected chi connectivity index (χ4v) is 0.836. The summed E-state index contributed by atoms with van der Waals surface area (Å²) in [5, 5.41) is 0. The van der Waals surface area contributed by atoms with Gasteiger partial charge >= 0.3 is 0 Å². The molecule has 1 atom stereocenters. The minimum absolute atomic E-state index is 0.146. The Kier molecular flexibility index (Phi) is 3.83. The van der Waals surface area contributed by atoms with E-state index in [9.17, 15) is 0 Å². The lowest BCUT2D eigenvalue weighted by atomic mass is 10.1. The molecule has 4 nitrogen and oxygen atoms in total. The second kappa shape index (κ2) is 4.91. The Balaban J connectivity index is 2.59. The SMILES string of the molecule is CC(C)C(C)Oc1cnc(CN)cn1. The van der Waals surface area contributed by atoms with Crippen LogP contribution in [0.3, 0.4) is 0 Å². The van der Waals surface area contributed by atoms with Gasteiger partial charge in [-0.05, 0) is 12.8 Å². The highest BCUT2D eigenvalue weighted by molar-refractivity contribution is 5.07. The standard InChI is InChI=1S/C10H17N3O/c1-7(2)8(3)14-10-6-12-9(4-11)5-13-10/h5-8H,4,11H2,1-3H3. The Bertz CT molecular complexity index is 271. The van der Waals surface area contributed by atoms with Gasteiger partial charge in [0.2, 0.25) is 5.88 Å². The first-order valence-electron chi connectivity index (χ1n) is 4.81. The molecule has 1 heterocycles. The van der Waals surface area contributed by atoms with Crippen molar-refractivity contribution in [1.29, 1.82) is 0 Å². The fraction of sp³-hybridized carbons (Fsp3) is 0.600. The van der Waals surface area contributed by atoms with Crippen LogP contribution in [0.1, 0.15) is 26.5 Å². The lowest BCUT2D eigenvalue weighted by Crippen LogP contribution is -2.19. The maximum Gasteiger partial charge on any atom is 0.232 e. The summed E-state index contributed by atoms with van der Waals surface area (Å²) in [6.07, 6.45) is 3.40. The van der Waals surface area contributed by atoms with Gasteiger partial charge in [0.1, 0.15) is 0 Å². The van der Waals surface area contributed by atoms with E-state index in [2.05, 4.69) is 23.8 Å². The van der Waals surface area contributed by atoms with Crippen LogP contribution in [0.15, 0.2) is 12.4 Å². The van der Waals surface area contributed by atoms with Crippen molar-refractivity contribution < 1.29 is 4.74 Å². The lowest BCUT2D eigenvalue weighted by Gasteiger charge is -2.16. The Morgan fingerprint density at radius 3 is 2.43 bits per heavy atom. The van der Waals surface area contributed by atoms with Gasteiger partial charge in [-0.15, -0.1) is 0 Å². The number of hydrogen-bond donors (Lipinski definition) is 1. The molecule has 14 heavy (non-hydrogen) atoms. The van der Waals surface area contributed by atoms with Gasteiger partial charge in [0.05, 0.1) is 24.2 Å². The summed E-state index contributed by atoms with van der Waals surface area (Å²) in [6, 6.07) is 0. The average molecular weight is 195 g/mol. The second-order valence-electron chi connectivity index (χ2n) is 3.62. The second-order valence-corrected chi connectivity index (χ2v) is 3.62. The number of ether oxygens (including phenoxy) is 1. The molecule has 0 saturated carbocycles. The molecule has 0 aliphatic carbocycles. The Labute approximate surface area is 84.5 Å². The molecule has 0 aliphatic rings. The molecule has 1 unspecified atom stereocenters. The number of rotatable bonds is 4. The van der Waals surface area contributed by atoms with E-state index >= 15 is 0 Å². The molecule has 1 aromatic heterocycles. The quantitative estimate of drug-likeness (QED) is 0.788. The first kappa shape index (κ1) is 10.9. The van der Waals surface area contributed by atoms with Gasteiger partial charge in [0.25, 0.3) is 0 Å². The first-order valence-corrected chi connectivity index (χ1v) is 4.81. The third kappa shape index (κ3) is 2.96. The molecule has 4 heteroatoms. The number of hydrogen-bond acceptors (Lipinski definition) is 4. The molecular formula is C10H17N3O. The molecule has 1 rings (SSSR count). The monoisotopic (exact) mass is 195 g/mol. The van der Waals surface area contributed by atoms with E-state index in [1.54, 1.807) is 12.4 Å². The smallest absolute Gasteiger partial charge is 0.232 e. The predicted octanol–water partition coefficient (Wildman–Crippen LogP) is 1.36. The first-order chi connectivity index (χ1) is 6.63. The molecule has 0 radical (unpaired) electrons. The Morgan fingerprint density at radius 2 is 2.00 bits per heavy atom. The Hall–Kier alpha value is -1.16. The van der Waals surface area contributed by atoms with Gasteiger partial charge in [0, 0.05) is 6.54 Å². The molecule has 0 fully saturated rings. The van der Waals surface area contributed by atoms with Crippen LogP contribution in [0.5, 0.6) is 5.88 Å². The number of nitrogens with two attached hydrogens (primary N) is 1. The van der Waals surface area contributed by atoms with Crippen molar-refractivity contribution in [2.24, 2.45) is 11.7 Å². The van der Waals surface area contributed by atoms with Crippen molar-refractivity contribution in [3.8, 4) is 5.88 Å². The van der Waals surface area contributed by atoms with Crippen molar-refractivity contribution in [1.82, 2.24) is 9.97 Å². The van der Waals surface area contributed by atoms with Gasteiger partial charge in [-0.3, -0.25) is 4.98 Å². The molecule has 78 valence electrons. The van der Waals surface area contributed by atoms with Gasteiger partial charge < -0.3 is 10.5 Å². The summed E-state index contributed by atoms with van der Waals surface area (Å²) in [5.74, 6) is 1.02. The highest BCUT2D eigenvalue weighted by atomic mass is 16.5. The summed E-state index contributed by atoms with van der Waals surface area (Å²) >= 11 is 0. The van der Waals surface area contributed by atoms with Crippen molar-refractivity contribution >= 4 is 0 Å². The van der Waals surface area contributed by atoms with Crippen LogP contribution < -0.4 is 10.5 Å². The minimum atomic E-state index is 0.146. The highest BCUT2D eigenvalue weighted by Gasteiger charge is 2.09. The van der Waals surface area contributed by atoms with Crippen LogP contribution in [-0.4, -0.2) is 16.1 Å². The summed E-state index contributed by atoms with van der Waals surface area (Å²) < 4.78 is 5.56. The molecule has 0 amide bonds. The minimum Gasteiger partial charge on any atom is -0.473 e. The fourth-order valence-electron chi connectivity index (χ4n) is 0.836. The maximum atomic E-state index is 5.56. The molecule has 0 bridgehead atoms. The van der Waals surface area contributed by atoms with Crippen LogP contribution in [0.4, 0.5) is 0 Å². The van der Waals surface area contributed by atoms with E-state index in [1.165, 1.54) is 0 Å². The number of nitrogens with zero attached hydrogens (tertiary/aromatic N) is 2. The van der Waals surface area contributed by atoms with E-state index in [0.29, 0.717) is 18.3 Å². The zero-order valence-electron chi connectivity index (χ0n) is 8.90. The maximum absolute atomic E-state index is 5.56. The highest BCUT2D eigenvalue weighted by Crippen LogP contribution is 2.11. The van der Waals surface area contributed by atoms with E-state index in [4.69, 9.17) is 10.5 Å². The molecule has 0 aromatic carbocycles. The van der Waals surface area contributed by atoms with Crippen molar-refractivity contribution in [2.75, 3.05) is 0 Å². The summed E-state index contributed by atoms with van der Waals surface area (Å²) in [5.41, 5.74) is 6.18. The van der Waals surface area contributed by atoms with Gasteiger partial charge in [0.15, 0.2) is 0 Å². The molecular weight excluding hydrogens is 178 g/mol. The molecule has 0 aliphatic heterocycles. The third-order valence-electron chi connectivity index (χ3n) is 2.14. The van der Waals surface area contributed by atoms with E-state index in [-0.39, 0.29) is 6.10 Å². The molecule has 2 N–H and O–H groups in total. The van der Waals surface area contributed by atoms with Crippen LogP contribution in [0, 0.1) is 5.92 Å². The lowest BCUT2D eigenvalue weighted by molar-refractivity contribution is 0.162. The van der Waals surface area contributed by atoms with Crippen LogP contribution in [-0.2, 0) is 6.54 Å². The third-order valence-corrected chi connectivity index (χ3v) is 2.14. The van der Waals surface area contributed by atoms with Crippen LogP contribution in [0.25, 0.3) is 0 Å². The van der Waals surface area contributed by atoms with E-state index in [0.717, 1.165) is 5.69 Å². The van der Waals surface area contributed by atoms with Gasteiger partial charge in [-0.2, -0.15) is 0 Å². The van der Waals surface area contributed by atoms with Crippen LogP contribution in [0.2, 0.25) is 0 Å². The topological polar surface area (TPSA) is 61.0 Å². The average Bonchev–Trinajstić information content (AvgIpc) is 2.19.